The van der Waals surface area contributed by atoms with Crippen LogP contribution in [0, 0.1) is 23.5 Å². The molecule has 4 fully saturated rings. The van der Waals surface area contributed by atoms with Crippen LogP contribution in [0.2, 0.25) is 20.1 Å². The number of fused-ring (bicyclic) bond motifs is 4. The maximum absolute atomic E-state index is 14.7. The van der Waals surface area contributed by atoms with E-state index in [9.17, 15) is 13.6 Å². The van der Waals surface area contributed by atoms with Gasteiger partial charge in [-0.1, -0.05) is 88.9 Å². The highest BCUT2D eigenvalue weighted by Gasteiger charge is 2.59. The van der Waals surface area contributed by atoms with E-state index in [0.717, 1.165) is 64.8 Å². The molecule has 4 heterocycles. The predicted molar refractivity (Wildman–Crippen MR) is 248 cm³/mol. The Morgan fingerprint density at radius 2 is 1.28 bits per heavy atom. The van der Waals surface area contributed by atoms with Crippen molar-refractivity contribution >= 4 is 97.3 Å². The molecule has 7 aromatic rings. The van der Waals surface area contributed by atoms with E-state index in [1.807, 2.05) is 53.4 Å². The summed E-state index contributed by atoms with van der Waals surface area (Å²) >= 11 is 23.7. The average Bonchev–Trinajstić information content (AvgIpc) is 4.26. The van der Waals surface area contributed by atoms with Gasteiger partial charge in [-0.25, -0.2) is 33.5 Å². The van der Waals surface area contributed by atoms with E-state index in [1.165, 1.54) is 43.2 Å². The molecule has 3 N–H and O–H groups in total. The van der Waals surface area contributed by atoms with Gasteiger partial charge in [0.25, 0.3) is 0 Å². The SMILES string of the molecule is Fc1c(Nc2ncnc3ccc(C45CNCCC4C5)cc23)ccc(Cl)c1Cl.O=C(OCc1ccccc1)N1CCC2CC2(c2ccc3ncnc(Nc4ccc(Cl)c(Cl)c4F)c3c2)C1. The van der Waals surface area contributed by atoms with Gasteiger partial charge >= 0.3 is 6.09 Å². The first-order valence-electron chi connectivity index (χ1n) is 21.0. The van der Waals surface area contributed by atoms with Crippen LogP contribution in [0.4, 0.5) is 36.6 Å². The summed E-state index contributed by atoms with van der Waals surface area (Å²) in [6.45, 7) is 3.61. The van der Waals surface area contributed by atoms with Gasteiger partial charge in [0, 0.05) is 41.2 Å². The number of likely N-dealkylation sites (tertiary alicyclic amines) is 1. The maximum Gasteiger partial charge on any atom is 0.410 e. The molecule has 10 nitrogen and oxygen atoms in total. The lowest BCUT2D eigenvalue weighted by molar-refractivity contribution is 0.0845. The van der Waals surface area contributed by atoms with E-state index in [0.29, 0.717) is 30.6 Å². The number of aromatic nitrogens is 4. The Bertz CT molecular complexity index is 2950. The largest absolute Gasteiger partial charge is 0.445 e. The number of ether oxygens (including phenoxy) is 1. The van der Waals surface area contributed by atoms with Crippen molar-refractivity contribution in [3.63, 3.8) is 0 Å². The van der Waals surface area contributed by atoms with Crippen molar-refractivity contribution < 1.29 is 18.3 Å². The second-order valence-electron chi connectivity index (χ2n) is 16.9. The number of nitrogens with one attached hydrogen (secondary N) is 3. The van der Waals surface area contributed by atoms with Crippen molar-refractivity contribution in [2.45, 2.75) is 43.1 Å². The summed E-state index contributed by atoms with van der Waals surface area (Å²) in [5.74, 6) is 1.02. The van der Waals surface area contributed by atoms with E-state index >= 15 is 0 Å². The summed E-state index contributed by atoms with van der Waals surface area (Å²) in [5, 5.41) is 11.3. The van der Waals surface area contributed by atoms with Gasteiger partial charge in [0.1, 0.15) is 30.9 Å². The summed E-state index contributed by atoms with van der Waals surface area (Å²) in [5.41, 5.74) is 5.38. The fraction of sp³-hybridized carbons (Fsp3) is 0.271. The molecule has 4 aliphatic rings. The van der Waals surface area contributed by atoms with Crippen LogP contribution in [0.5, 0.6) is 0 Å². The van der Waals surface area contributed by atoms with Gasteiger partial charge in [0.05, 0.1) is 42.5 Å². The van der Waals surface area contributed by atoms with Crippen molar-refractivity contribution in [2.24, 2.45) is 11.8 Å². The number of rotatable bonds is 8. The van der Waals surface area contributed by atoms with E-state index in [4.69, 9.17) is 51.1 Å². The van der Waals surface area contributed by atoms with Gasteiger partial charge in [-0.3, -0.25) is 0 Å². The topological polar surface area (TPSA) is 117 Å². The number of carbonyl (C=O) groups excluding carboxylic acids is 1. The van der Waals surface area contributed by atoms with Gasteiger partial charge in [-0.05, 0) is 109 Å². The Balaban J connectivity index is 0.000000159. The van der Waals surface area contributed by atoms with Gasteiger partial charge in [0.15, 0.2) is 11.6 Å². The van der Waals surface area contributed by atoms with Crippen LogP contribution in [-0.4, -0.2) is 57.1 Å². The number of anilines is 4. The standard InChI is InChI=1S/C28H23Cl2FN4O2.C20H17Cl2FN4/c29-21-7-9-23(25(31)24(21)30)34-26-20-12-18(6-8-22(20)32-16-33-26)28-13-19(28)10-11-35(15-28)27(36)37-14-17-4-2-1-3-5-17;21-14-2-4-16(18(23)17(14)22)27-19-13-7-11(1-3-15(13)25-10-26-19)20-8-12(20)5-6-24-9-20/h1-9,12,16,19H,10-11,13-15H2,(H,32,33,34);1-4,7,10,12,24H,5-6,8-9H2,(H,25,26,27). The predicted octanol–water partition coefficient (Wildman–Crippen LogP) is 12.2. The molecule has 1 amide bonds. The maximum atomic E-state index is 14.7. The van der Waals surface area contributed by atoms with E-state index in [2.05, 4.69) is 54.1 Å². The minimum Gasteiger partial charge on any atom is -0.445 e. The summed E-state index contributed by atoms with van der Waals surface area (Å²) in [7, 11) is 0. The van der Waals surface area contributed by atoms with Crippen LogP contribution in [-0.2, 0) is 22.2 Å². The second-order valence-corrected chi connectivity index (χ2v) is 18.5. The van der Waals surface area contributed by atoms with Crippen LogP contribution in [0.15, 0.2) is 104 Å². The smallest absolute Gasteiger partial charge is 0.410 e. The quantitative estimate of drug-likeness (QED) is 0.128. The van der Waals surface area contributed by atoms with Gasteiger partial charge < -0.3 is 25.6 Å². The number of hydrogen-bond acceptors (Lipinski definition) is 9. The summed E-state index contributed by atoms with van der Waals surface area (Å²) in [6, 6.07) is 28.2. The van der Waals surface area contributed by atoms with Crippen LogP contribution in [0.1, 0.15) is 42.4 Å². The molecule has 2 aliphatic heterocycles. The van der Waals surface area contributed by atoms with E-state index in [1.54, 1.807) is 12.1 Å². The normalized spacial score (nSPS) is 21.9. The lowest BCUT2D eigenvalue weighted by atomic mass is 9.88. The molecule has 11 rings (SSSR count). The third kappa shape index (κ3) is 8.04. The minimum atomic E-state index is -0.644. The molecule has 64 heavy (non-hydrogen) atoms. The van der Waals surface area contributed by atoms with Gasteiger partial charge in [-0.2, -0.15) is 0 Å². The number of halogens is 6. The fourth-order valence-electron chi connectivity index (χ4n) is 9.55. The number of carbonyl (C=O) groups is 1. The van der Waals surface area contributed by atoms with Crippen molar-refractivity contribution in [1.82, 2.24) is 30.2 Å². The number of nitrogens with zero attached hydrogens (tertiary/aromatic N) is 5. The van der Waals surface area contributed by atoms with Crippen molar-refractivity contribution in [2.75, 3.05) is 36.8 Å². The first kappa shape index (κ1) is 42.6. The first-order valence-corrected chi connectivity index (χ1v) is 22.5. The van der Waals surface area contributed by atoms with Crippen molar-refractivity contribution in [1.29, 1.82) is 0 Å². The van der Waals surface area contributed by atoms with Crippen LogP contribution >= 0.6 is 46.4 Å². The number of hydrogen-bond donors (Lipinski definition) is 3. The Hall–Kier alpha value is -5.37. The zero-order valence-electron chi connectivity index (χ0n) is 34.2. The Labute approximate surface area is 387 Å². The summed E-state index contributed by atoms with van der Waals surface area (Å²) in [6.07, 6.45) is 6.95. The molecule has 4 unspecified atom stereocenters. The van der Waals surface area contributed by atoms with Crippen LogP contribution < -0.4 is 16.0 Å². The lowest BCUT2D eigenvalue weighted by Gasteiger charge is -2.32. The zero-order chi connectivity index (χ0) is 44.2. The second kappa shape index (κ2) is 17.2. The van der Waals surface area contributed by atoms with Gasteiger partial charge in [0.2, 0.25) is 0 Å². The van der Waals surface area contributed by atoms with E-state index in [-0.39, 0.29) is 55.0 Å². The molecule has 2 aromatic heterocycles. The number of amides is 1. The molecule has 0 radical (unpaired) electrons. The molecular weight excluding hydrogens is 900 g/mol. The zero-order valence-corrected chi connectivity index (χ0v) is 37.2. The monoisotopic (exact) mass is 938 g/mol. The molecule has 2 saturated heterocycles. The Morgan fingerprint density at radius 3 is 1.88 bits per heavy atom. The van der Waals surface area contributed by atoms with Gasteiger partial charge in [-0.15, -0.1) is 0 Å². The average molecular weight is 941 g/mol. The van der Waals surface area contributed by atoms with Crippen LogP contribution in [0.3, 0.4) is 0 Å². The highest BCUT2D eigenvalue weighted by Crippen LogP contribution is 2.59. The Morgan fingerprint density at radius 1 is 0.719 bits per heavy atom. The molecule has 0 spiro atoms. The third-order valence-corrected chi connectivity index (χ3v) is 14.8. The Kier molecular flexibility index (Phi) is 11.4. The summed E-state index contributed by atoms with van der Waals surface area (Å²) < 4.78 is 34.8. The molecule has 4 atom stereocenters. The molecular formula is C48H40Cl4F2N8O2. The van der Waals surface area contributed by atoms with Crippen molar-refractivity contribution in [3.05, 3.63) is 152 Å². The number of piperidine rings is 2. The van der Waals surface area contributed by atoms with E-state index < -0.39 is 11.6 Å². The highest BCUT2D eigenvalue weighted by atomic mass is 35.5. The molecule has 2 aliphatic carbocycles. The fourth-order valence-corrected chi connectivity index (χ4v) is 10.2. The minimum absolute atomic E-state index is 0.103. The molecule has 0 bridgehead atoms. The molecule has 326 valence electrons. The molecule has 5 aromatic carbocycles. The van der Waals surface area contributed by atoms with Crippen molar-refractivity contribution in [3.8, 4) is 0 Å². The number of benzene rings is 5. The molecule has 16 heteroatoms. The first-order chi connectivity index (χ1) is 31.0. The highest BCUT2D eigenvalue weighted by molar-refractivity contribution is 6.42. The third-order valence-electron chi connectivity index (χ3n) is 13.3. The summed E-state index contributed by atoms with van der Waals surface area (Å²) in [4.78, 5) is 32.1. The lowest BCUT2D eigenvalue weighted by Crippen LogP contribution is -2.42. The molecule has 2 saturated carbocycles. The van der Waals surface area contributed by atoms with Crippen LogP contribution in [0.25, 0.3) is 21.8 Å².